The van der Waals surface area contributed by atoms with Crippen molar-refractivity contribution < 1.29 is 4.39 Å². The number of pyridine rings is 1. The Hall–Kier alpha value is -3.93. The van der Waals surface area contributed by atoms with Crippen molar-refractivity contribution >= 4 is 22.2 Å². The molecule has 0 aliphatic carbocycles. The molecule has 3 N–H and O–H groups in total. The molecule has 4 rings (SSSR count). The summed E-state index contributed by atoms with van der Waals surface area (Å²) in [6.07, 6.45) is 4.60. The lowest BCUT2D eigenvalue weighted by molar-refractivity contribution is 0.628. The molecule has 2 heterocycles. The van der Waals surface area contributed by atoms with Crippen LogP contribution in [0.15, 0.2) is 79.4 Å². The first kappa shape index (κ1) is 17.5. The molecule has 2 aromatic carbocycles. The summed E-state index contributed by atoms with van der Waals surface area (Å²) in [6, 6.07) is 17.0. The van der Waals surface area contributed by atoms with Crippen molar-refractivity contribution in [2.45, 2.75) is 0 Å². The third kappa shape index (κ3) is 3.23. The van der Waals surface area contributed by atoms with Crippen LogP contribution in [0.25, 0.3) is 27.9 Å². The predicted molar refractivity (Wildman–Crippen MR) is 108 cm³/mol. The highest BCUT2D eigenvalue weighted by Gasteiger charge is 2.14. The number of allylic oxidation sites excluding steroid dienone is 1. The van der Waals surface area contributed by atoms with Crippen LogP contribution in [0.5, 0.6) is 0 Å². The van der Waals surface area contributed by atoms with Crippen LogP contribution < -0.4 is 5.73 Å². The van der Waals surface area contributed by atoms with E-state index < -0.39 is 0 Å². The van der Waals surface area contributed by atoms with Gasteiger partial charge in [0.25, 0.3) is 0 Å². The Morgan fingerprint density at radius 2 is 1.71 bits per heavy atom. The van der Waals surface area contributed by atoms with Crippen molar-refractivity contribution in [2.75, 3.05) is 0 Å². The minimum atomic E-state index is -0.349. The number of hydrogen-bond acceptors (Lipinski definition) is 5. The number of halogens is 1. The molecule has 0 unspecified atom stereocenters. The maximum atomic E-state index is 13.2. The average molecular weight is 369 g/mol. The van der Waals surface area contributed by atoms with Gasteiger partial charge in [-0.2, -0.15) is 0 Å². The molecule has 0 fully saturated rings. The van der Waals surface area contributed by atoms with Gasteiger partial charge in [-0.05, 0) is 54.1 Å². The molecule has 0 bridgehead atoms. The van der Waals surface area contributed by atoms with Gasteiger partial charge in [0.15, 0.2) is 0 Å². The zero-order valence-electron chi connectivity index (χ0n) is 14.8. The summed E-state index contributed by atoms with van der Waals surface area (Å²) < 4.78 is 13.2. The van der Waals surface area contributed by atoms with E-state index in [-0.39, 0.29) is 11.5 Å². The molecule has 0 spiro atoms. The Kier molecular flexibility index (Phi) is 4.60. The number of fused-ring (bicyclic) bond motifs is 1. The molecule has 5 nitrogen and oxygen atoms in total. The lowest BCUT2D eigenvalue weighted by atomic mass is 9.95. The van der Waals surface area contributed by atoms with E-state index in [1.54, 1.807) is 18.3 Å². The van der Waals surface area contributed by atoms with E-state index in [1.165, 1.54) is 24.7 Å². The Bertz CT molecular complexity index is 1180. The van der Waals surface area contributed by atoms with Gasteiger partial charge < -0.3 is 5.73 Å². The van der Waals surface area contributed by atoms with Crippen molar-refractivity contribution in [1.29, 1.82) is 5.41 Å². The Labute approximate surface area is 160 Å². The molecular formula is C22H16FN5. The monoisotopic (exact) mass is 369 g/mol. The van der Waals surface area contributed by atoms with Crippen LogP contribution in [0, 0.1) is 11.2 Å². The number of hydrogen-bond donors (Lipinski definition) is 2. The number of nitrogens with zero attached hydrogens (tertiary/aromatic N) is 3. The van der Waals surface area contributed by atoms with Crippen LogP contribution >= 0.6 is 0 Å². The largest absolute Gasteiger partial charge is 0.404 e. The predicted octanol–water partition coefficient (Wildman–Crippen LogP) is 4.20. The Morgan fingerprint density at radius 3 is 2.43 bits per heavy atom. The minimum Gasteiger partial charge on any atom is -0.404 e. The number of nitrogens with one attached hydrogen (secondary N) is 1. The van der Waals surface area contributed by atoms with Gasteiger partial charge in [0.2, 0.25) is 0 Å². The maximum Gasteiger partial charge on any atom is 0.123 e. The lowest BCUT2D eigenvalue weighted by Crippen LogP contribution is -2.05. The fraction of sp³-hybridized carbons (Fsp3) is 0. The van der Waals surface area contributed by atoms with Gasteiger partial charge in [0, 0.05) is 28.9 Å². The zero-order chi connectivity index (χ0) is 19.5. The summed E-state index contributed by atoms with van der Waals surface area (Å²) in [5.74, 6) is -0.349. The maximum absolute atomic E-state index is 13.2. The highest BCUT2D eigenvalue weighted by atomic mass is 19.1. The van der Waals surface area contributed by atoms with Crippen LogP contribution in [0.3, 0.4) is 0 Å². The lowest BCUT2D eigenvalue weighted by Gasteiger charge is -2.11. The fourth-order valence-electron chi connectivity index (χ4n) is 3.03. The molecule has 28 heavy (non-hydrogen) atoms. The van der Waals surface area contributed by atoms with E-state index in [1.807, 2.05) is 36.4 Å². The van der Waals surface area contributed by atoms with Crippen molar-refractivity contribution in [3.63, 3.8) is 0 Å². The van der Waals surface area contributed by atoms with E-state index in [4.69, 9.17) is 11.1 Å². The normalized spacial score (nSPS) is 11.5. The van der Waals surface area contributed by atoms with Gasteiger partial charge in [0.05, 0.1) is 22.6 Å². The molecule has 6 heteroatoms. The van der Waals surface area contributed by atoms with Crippen LogP contribution in [0.4, 0.5) is 4.39 Å². The average Bonchev–Trinajstić information content (AvgIpc) is 2.75. The van der Waals surface area contributed by atoms with Gasteiger partial charge in [0.1, 0.15) is 12.1 Å². The summed E-state index contributed by atoms with van der Waals surface area (Å²) in [5, 5.41) is 9.32. The van der Waals surface area contributed by atoms with Crippen LogP contribution in [-0.4, -0.2) is 20.7 Å². The first-order valence-corrected chi connectivity index (χ1v) is 8.60. The second-order valence-electron chi connectivity index (χ2n) is 6.13. The van der Waals surface area contributed by atoms with Gasteiger partial charge in [-0.15, -0.1) is 0 Å². The van der Waals surface area contributed by atoms with Crippen LogP contribution in [0.1, 0.15) is 11.1 Å². The second kappa shape index (κ2) is 7.36. The molecule has 0 amide bonds. The van der Waals surface area contributed by atoms with Crippen molar-refractivity contribution in [3.8, 4) is 11.4 Å². The third-order valence-electron chi connectivity index (χ3n) is 4.42. The topological polar surface area (TPSA) is 88.5 Å². The van der Waals surface area contributed by atoms with E-state index in [0.717, 1.165) is 22.2 Å². The first-order valence-electron chi connectivity index (χ1n) is 8.60. The molecule has 0 saturated carbocycles. The number of nitrogens with two attached hydrogens (primary N) is 1. The van der Waals surface area contributed by atoms with E-state index >= 15 is 0 Å². The molecule has 136 valence electrons. The first-order chi connectivity index (χ1) is 13.7. The summed E-state index contributed by atoms with van der Waals surface area (Å²) >= 11 is 0. The van der Waals surface area contributed by atoms with E-state index in [9.17, 15) is 4.39 Å². The summed E-state index contributed by atoms with van der Waals surface area (Å²) in [7, 11) is 0. The summed E-state index contributed by atoms with van der Waals surface area (Å²) in [4.78, 5) is 13.1. The number of rotatable bonds is 4. The van der Waals surface area contributed by atoms with Crippen LogP contribution in [0.2, 0.25) is 0 Å². The van der Waals surface area contributed by atoms with Gasteiger partial charge in [-0.1, -0.05) is 12.1 Å². The van der Waals surface area contributed by atoms with Crippen molar-refractivity contribution in [3.05, 3.63) is 96.3 Å². The SMILES string of the molecule is N=C(/C(=C\N)c1ccc2ncnc(-c3ccccn3)c2c1)c1ccc(F)cc1. The molecule has 0 saturated heterocycles. The Morgan fingerprint density at radius 1 is 0.929 bits per heavy atom. The summed E-state index contributed by atoms with van der Waals surface area (Å²) in [5.41, 5.74) is 10.1. The van der Waals surface area contributed by atoms with Crippen molar-refractivity contribution in [2.24, 2.45) is 5.73 Å². The highest BCUT2D eigenvalue weighted by Crippen LogP contribution is 2.28. The van der Waals surface area contributed by atoms with Crippen LogP contribution in [-0.2, 0) is 0 Å². The zero-order valence-corrected chi connectivity index (χ0v) is 14.8. The standard InChI is InChI=1S/C22H16FN5/c23-16-7-4-14(5-8-16)21(25)18(12-24)15-6-9-19-17(11-15)22(28-13-27-19)20-3-1-2-10-26-20/h1-13,25H,24H2/b18-12-,25-21?. The quantitative estimate of drug-likeness (QED) is 0.528. The summed E-state index contributed by atoms with van der Waals surface area (Å²) in [6.45, 7) is 0. The van der Waals surface area contributed by atoms with E-state index in [0.29, 0.717) is 16.8 Å². The van der Waals surface area contributed by atoms with E-state index in [2.05, 4.69) is 15.0 Å². The molecule has 0 atom stereocenters. The fourth-order valence-corrected chi connectivity index (χ4v) is 3.03. The third-order valence-corrected chi connectivity index (χ3v) is 4.42. The highest BCUT2D eigenvalue weighted by molar-refractivity contribution is 6.30. The van der Waals surface area contributed by atoms with Crippen molar-refractivity contribution in [1.82, 2.24) is 15.0 Å². The Balaban J connectivity index is 1.82. The number of benzene rings is 2. The molecule has 0 aliphatic heterocycles. The molecule has 4 aromatic rings. The minimum absolute atomic E-state index is 0.207. The molecular weight excluding hydrogens is 353 g/mol. The molecule has 2 aromatic heterocycles. The number of aromatic nitrogens is 3. The van der Waals surface area contributed by atoms with Gasteiger partial charge in [-0.25, -0.2) is 14.4 Å². The smallest absolute Gasteiger partial charge is 0.123 e. The molecule has 0 radical (unpaired) electrons. The second-order valence-corrected chi connectivity index (χ2v) is 6.13. The van der Waals surface area contributed by atoms with Gasteiger partial charge in [-0.3, -0.25) is 10.4 Å². The molecule has 0 aliphatic rings. The van der Waals surface area contributed by atoms with Gasteiger partial charge >= 0.3 is 0 Å².